The Morgan fingerprint density at radius 1 is 1.36 bits per heavy atom. The van der Waals surface area contributed by atoms with Gasteiger partial charge in [-0.15, -0.1) is 12.4 Å². The minimum absolute atomic E-state index is 0. The van der Waals surface area contributed by atoms with Gasteiger partial charge >= 0.3 is 6.18 Å². The molecule has 0 fully saturated rings. The molecule has 0 radical (unpaired) electrons. The number of carbonyl (C=O) groups excluding carboxylic acids is 2. The lowest BCUT2D eigenvalue weighted by atomic mass is 10.2. The van der Waals surface area contributed by atoms with Crippen molar-refractivity contribution in [3.63, 3.8) is 0 Å². The summed E-state index contributed by atoms with van der Waals surface area (Å²) in [5.41, 5.74) is 4.01. The molecule has 0 saturated heterocycles. The fourth-order valence-corrected chi connectivity index (χ4v) is 1.70. The Morgan fingerprint density at radius 3 is 2.45 bits per heavy atom. The highest BCUT2D eigenvalue weighted by molar-refractivity contribution is 6.31. The molecular weight excluding hydrogens is 346 g/mol. The molecule has 124 valence electrons. The van der Waals surface area contributed by atoms with Gasteiger partial charge < -0.3 is 16.0 Å². The maximum absolute atomic E-state index is 12.7. The van der Waals surface area contributed by atoms with Gasteiger partial charge in [-0.2, -0.15) is 13.2 Å². The third-order valence-electron chi connectivity index (χ3n) is 2.54. The molecule has 0 aromatic heterocycles. The van der Waals surface area contributed by atoms with Gasteiger partial charge in [0, 0.05) is 12.7 Å². The first-order chi connectivity index (χ1) is 9.65. The number of halogens is 5. The van der Waals surface area contributed by atoms with Crippen LogP contribution >= 0.6 is 24.0 Å². The Hall–Kier alpha value is -1.51. The largest absolute Gasteiger partial charge is 0.417 e. The Balaban J connectivity index is 0.00000441. The van der Waals surface area contributed by atoms with E-state index in [4.69, 9.17) is 17.3 Å². The number of amides is 2. The molecule has 0 aliphatic carbocycles. The minimum Gasteiger partial charge on any atom is -0.335 e. The van der Waals surface area contributed by atoms with Crippen molar-refractivity contribution in [3.05, 3.63) is 28.8 Å². The van der Waals surface area contributed by atoms with E-state index in [1.165, 1.54) is 13.1 Å². The van der Waals surface area contributed by atoms with E-state index >= 15 is 0 Å². The van der Waals surface area contributed by atoms with E-state index in [0.717, 1.165) is 17.0 Å². The van der Waals surface area contributed by atoms with Crippen LogP contribution in [0.2, 0.25) is 5.02 Å². The molecule has 22 heavy (non-hydrogen) atoms. The molecule has 1 aromatic rings. The van der Waals surface area contributed by atoms with Crippen LogP contribution < -0.4 is 11.1 Å². The highest BCUT2D eigenvalue weighted by Crippen LogP contribution is 2.36. The summed E-state index contributed by atoms with van der Waals surface area (Å²) in [5, 5.41) is 1.80. The second kappa shape index (κ2) is 8.21. The van der Waals surface area contributed by atoms with Crippen molar-refractivity contribution < 1.29 is 22.8 Å². The van der Waals surface area contributed by atoms with Crippen molar-refractivity contribution in [3.8, 4) is 0 Å². The van der Waals surface area contributed by atoms with Gasteiger partial charge in [0.2, 0.25) is 11.8 Å². The van der Waals surface area contributed by atoms with Crippen LogP contribution in [0.25, 0.3) is 0 Å². The van der Waals surface area contributed by atoms with Crippen LogP contribution in [-0.2, 0) is 15.8 Å². The predicted molar refractivity (Wildman–Crippen MR) is 79.0 cm³/mol. The molecule has 0 atom stereocenters. The number of carbonyl (C=O) groups is 2. The van der Waals surface area contributed by atoms with Gasteiger partial charge in [-0.3, -0.25) is 9.59 Å². The summed E-state index contributed by atoms with van der Waals surface area (Å²) in [7, 11) is 1.36. The number of nitrogens with two attached hydrogens (primary N) is 1. The topological polar surface area (TPSA) is 75.4 Å². The molecule has 5 nitrogen and oxygen atoms in total. The number of rotatable bonds is 4. The number of hydrogen-bond donors (Lipinski definition) is 2. The van der Waals surface area contributed by atoms with Crippen molar-refractivity contribution in [2.45, 2.75) is 6.18 Å². The average molecular weight is 360 g/mol. The lowest BCUT2D eigenvalue weighted by Crippen LogP contribution is -2.38. The second-order valence-corrected chi connectivity index (χ2v) is 4.60. The Labute approximate surface area is 136 Å². The van der Waals surface area contributed by atoms with Gasteiger partial charge in [-0.25, -0.2) is 0 Å². The van der Waals surface area contributed by atoms with Crippen LogP contribution in [0.3, 0.4) is 0 Å². The van der Waals surface area contributed by atoms with E-state index in [9.17, 15) is 22.8 Å². The standard InChI is InChI=1S/C12H13ClF3N3O2.ClH/c1-19(11(21)5-17)6-10(20)18-7-2-3-9(13)8(4-7)12(14,15)16;/h2-4H,5-6,17H2,1H3,(H,18,20);1H. The summed E-state index contributed by atoms with van der Waals surface area (Å²) in [6.45, 7) is -0.580. The zero-order valence-electron chi connectivity index (χ0n) is 11.4. The average Bonchev–Trinajstić information content (AvgIpc) is 2.38. The van der Waals surface area contributed by atoms with Gasteiger partial charge in [-0.1, -0.05) is 11.6 Å². The Morgan fingerprint density at radius 2 is 1.95 bits per heavy atom. The lowest BCUT2D eigenvalue weighted by Gasteiger charge is -2.16. The predicted octanol–water partition coefficient (Wildman–Crippen LogP) is 2.14. The van der Waals surface area contributed by atoms with Crippen molar-refractivity contribution in [2.24, 2.45) is 5.73 Å². The third-order valence-corrected chi connectivity index (χ3v) is 2.87. The quantitative estimate of drug-likeness (QED) is 0.864. The SMILES string of the molecule is CN(CC(=O)Nc1ccc(Cl)c(C(F)(F)F)c1)C(=O)CN.Cl. The zero-order valence-corrected chi connectivity index (χ0v) is 13.0. The number of nitrogens with one attached hydrogen (secondary N) is 1. The molecule has 0 bridgehead atoms. The molecule has 1 rings (SSSR count). The van der Waals surface area contributed by atoms with Gasteiger partial charge in [0.05, 0.1) is 23.7 Å². The van der Waals surface area contributed by atoms with Crippen LogP contribution in [0.1, 0.15) is 5.56 Å². The van der Waals surface area contributed by atoms with Crippen LogP contribution in [0.4, 0.5) is 18.9 Å². The van der Waals surface area contributed by atoms with Crippen molar-refractivity contribution in [1.82, 2.24) is 4.90 Å². The number of alkyl halides is 3. The van der Waals surface area contributed by atoms with E-state index in [-0.39, 0.29) is 31.2 Å². The second-order valence-electron chi connectivity index (χ2n) is 4.19. The maximum atomic E-state index is 12.7. The summed E-state index contributed by atoms with van der Waals surface area (Å²) in [4.78, 5) is 23.9. The van der Waals surface area contributed by atoms with E-state index in [1.54, 1.807) is 0 Å². The smallest absolute Gasteiger partial charge is 0.335 e. The van der Waals surface area contributed by atoms with Crippen LogP contribution in [0.15, 0.2) is 18.2 Å². The van der Waals surface area contributed by atoms with Crippen LogP contribution in [-0.4, -0.2) is 36.9 Å². The number of benzene rings is 1. The lowest BCUT2D eigenvalue weighted by molar-refractivity contribution is -0.137. The summed E-state index contributed by atoms with van der Waals surface area (Å²) >= 11 is 5.46. The van der Waals surface area contributed by atoms with Crippen LogP contribution in [0, 0.1) is 0 Å². The minimum atomic E-state index is -4.62. The molecule has 0 aliphatic rings. The molecule has 0 heterocycles. The Bertz CT molecular complexity index is 553. The molecule has 2 amide bonds. The van der Waals surface area contributed by atoms with Crippen molar-refractivity contribution in [1.29, 1.82) is 0 Å². The van der Waals surface area contributed by atoms with Crippen LogP contribution in [0.5, 0.6) is 0 Å². The van der Waals surface area contributed by atoms with Crippen molar-refractivity contribution >= 4 is 41.5 Å². The highest BCUT2D eigenvalue weighted by Gasteiger charge is 2.33. The molecule has 3 N–H and O–H groups in total. The number of likely N-dealkylation sites (N-methyl/N-ethyl adjacent to an activating group) is 1. The molecule has 0 saturated carbocycles. The van der Waals surface area contributed by atoms with E-state index in [2.05, 4.69) is 5.32 Å². The molecule has 0 spiro atoms. The number of hydrogen-bond acceptors (Lipinski definition) is 3. The Kier molecular flexibility index (Phi) is 7.65. The summed E-state index contributed by atoms with van der Waals surface area (Å²) in [5.74, 6) is -1.10. The van der Waals surface area contributed by atoms with Gasteiger partial charge in [0.25, 0.3) is 0 Å². The fraction of sp³-hybridized carbons (Fsp3) is 0.333. The zero-order chi connectivity index (χ0) is 16.2. The molecule has 0 aliphatic heterocycles. The number of nitrogens with zero attached hydrogens (tertiary/aromatic N) is 1. The molecular formula is C12H14Cl2F3N3O2. The van der Waals surface area contributed by atoms with E-state index < -0.39 is 28.6 Å². The molecule has 1 aromatic carbocycles. The maximum Gasteiger partial charge on any atom is 0.417 e. The highest BCUT2D eigenvalue weighted by atomic mass is 35.5. The van der Waals surface area contributed by atoms with Gasteiger partial charge in [0.15, 0.2) is 0 Å². The first kappa shape index (κ1) is 20.5. The van der Waals surface area contributed by atoms with Crippen molar-refractivity contribution in [2.75, 3.05) is 25.5 Å². The normalized spacial score (nSPS) is 10.6. The molecule has 10 heteroatoms. The third kappa shape index (κ3) is 5.70. The monoisotopic (exact) mass is 359 g/mol. The summed E-state index contributed by atoms with van der Waals surface area (Å²) in [6, 6.07) is 3.00. The van der Waals surface area contributed by atoms with E-state index in [0.29, 0.717) is 0 Å². The number of anilines is 1. The van der Waals surface area contributed by atoms with E-state index in [1.807, 2.05) is 0 Å². The summed E-state index contributed by atoms with van der Waals surface area (Å²) < 4.78 is 38.0. The first-order valence-corrected chi connectivity index (χ1v) is 6.13. The van der Waals surface area contributed by atoms with Gasteiger partial charge in [0.1, 0.15) is 0 Å². The fourth-order valence-electron chi connectivity index (χ4n) is 1.48. The van der Waals surface area contributed by atoms with Gasteiger partial charge in [-0.05, 0) is 18.2 Å². The summed E-state index contributed by atoms with van der Waals surface area (Å²) in [6.07, 6.45) is -4.62. The first-order valence-electron chi connectivity index (χ1n) is 5.75. The molecule has 0 unspecified atom stereocenters.